The zero-order valence-corrected chi connectivity index (χ0v) is 16.3. The Morgan fingerprint density at radius 3 is 2.64 bits per heavy atom. The van der Waals surface area contributed by atoms with E-state index in [-0.39, 0.29) is 18.6 Å². The summed E-state index contributed by atoms with van der Waals surface area (Å²) in [5, 5.41) is 12.1. The van der Waals surface area contributed by atoms with E-state index in [9.17, 15) is 14.7 Å². The average Bonchev–Trinajstić information content (AvgIpc) is 3.16. The van der Waals surface area contributed by atoms with E-state index in [1.54, 1.807) is 7.11 Å². The fourth-order valence-electron chi connectivity index (χ4n) is 2.97. The molecule has 0 unspecified atom stereocenters. The number of benzene rings is 2. The molecule has 0 saturated heterocycles. The minimum absolute atomic E-state index is 0.00372. The van der Waals surface area contributed by atoms with E-state index in [4.69, 9.17) is 4.74 Å². The molecule has 0 bridgehead atoms. The lowest BCUT2D eigenvalue weighted by molar-refractivity contribution is -0.143. The van der Waals surface area contributed by atoms with Gasteiger partial charge in [-0.05, 0) is 24.1 Å². The Kier molecular flexibility index (Phi) is 6.55. The number of carbonyl (C=O) groups is 2. The zero-order chi connectivity index (χ0) is 19.9. The summed E-state index contributed by atoms with van der Waals surface area (Å²) in [6.45, 7) is 0. The minimum atomic E-state index is -0.951. The van der Waals surface area contributed by atoms with Crippen molar-refractivity contribution in [3.05, 3.63) is 71.2 Å². The number of hydrogen-bond donors (Lipinski definition) is 1. The molecule has 1 atom stereocenters. The Morgan fingerprint density at radius 1 is 1.14 bits per heavy atom. The maximum Gasteiger partial charge on any atom is 0.307 e. The average molecular weight is 395 g/mol. The molecule has 0 spiro atoms. The Balaban J connectivity index is 1.64. The van der Waals surface area contributed by atoms with Gasteiger partial charge in [0.1, 0.15) is 16.5 Å². The van der Waals surface area contributed by atoms with Gasteiger partial charge < -0.3 is 9.84 Å². The van der Waals surface area contributed by atoms with Crippen molar-refractivity contribution in [1.29, 1.82) is 0 Å². The number of Topliss-reactive ketones (excluding diaryl/α,β-unsaturated/α-hetero) is 1. The van der Waals surface area contributed by atoms with E-state index in [0.29, 0.717) is 12.1 Å². The molecule has 1 heterocycles. The number of thiazole rings is 1. The lowest BCUT2D eigenvalue weighted by Crippen LogP contribution is -2.21. The van der Waals surface area contributed by atoms with Crippen LogP contribution in [-0.4, -0.2) is 29.0 Å². The number of methoxy groups -OCH3 is 1. The standard InChI is InChI=1S/C22H21NO4S/c1-27-20-9-5-8-16(12-20)21-23-18(14-28-21)13-19(24)11-17(22(25)26)10-15-6-3-2-4-7-15/h2-9,12,14,17H,10-11,13H2,1H3,(H,25,26)/t17-/m1/s1. The predicted molar refractivity (Wildman–Crippen MR) is 109 cm³/mol. The summed E-state index contributed by atoms with van der Waals surface area (Å²) in [5.74, 6) is -1.06. The fraction of sp³-hybridized carbons (Fsp3) is 0.227. The van der Waals surface area contributed by atoms with Gasteiger partial charge in [0, 0.05) is 23.8 Å². The lowest BCUT2D eigenvalue weighted by atomic mass is 9.93. The monoisotopic (exact) mass is 395 g/mol. The number of aromatic nitrogens is 1. The van der Waals surface area contributed by atoms with Crippen LogP contribution in [0.1, 0.15) is 17.7 Å². The smallest absolute Gasteiger partial charge is 0.307 e. The van der Waals surface area contributed by atoms with E-state index in [1.807, 2.05) is 60.0 Å². The van der Waals surface area contributed by atoms with Crippen molar-refractivity contribution in [3.63, 3.8) is 0 Å². The number of hydrogen-bond acceptors (Lipinski definition) is 5. The summed E-state index contributed by atoms with van der Waals surface area (Å²) < 4.78 is 5.23. The summed E-state index contributed by atoms with van der Waals surface area (Å²) in [6.07, 6.45) is 0.476. The molecule has 3 aromatic rings. The Labute approximate surface area is 167 Å². The molecule has 3 rings (SSSR count). The number of aliphatic carboxylic acids is 1. The topological polar surface area (TPSA) is 76.5 Å². The molecule has 28 heavy (non-hydrogen) atoms. The quantitative estimate of drug-likeness (QED) is 0.586. The molecular weight excluding hydrogens is 374 g/mol. The van der Waals surface area contributed by atoms with Crippen LogP contribution < -0.4 is 4.74 Å². The highest BCUT2D eigenvalue weighted by Crippen LogP contribution is 2.27. The van der Waals surface area contributed by atoms with Gasteiger partial charge in [0.2, 0.25) is 0 Å². The third-order valence-corrected chi connectivity index (χ3v) is 5.34. The van der Waals surface area contributed by atoms with Crippen LogP contribution in [0.4, 0.5) is 0 Å². The first-order chi connectivity index (χ1) is 13.5. The molecule has 0 amide bonds. The second-order valence-electron chi connectivity index (χ2n) is 6.52. The lowest BCUT2D eigenvalue weighted by Gasteiger charge is -2.11. The van der Waals surface area contributed by atoms with Gasteiger partial charge in [0.15, 0.2) is 0 Å². The van der Waals surface area contributed by atoms with Gasteiger partial charge in [0.05, 0.1) is 18.7 Å². The van der Waals surface area contributed by atoms with Crippen molar-refractivity contribution >= 4 is 23.1 Å². The summed E-state index contributed by atoms with van der Waals surface area (Å²) in [7, 11) is 1.61. The van der Waals surface area contributed by atoms with Gasteiger partial charge in [-0.3, -0.25) is 9.59 Å². The second-order valence-corrected chi connectivity index (χ2v) is 7.38. The summed E-state index contributed by atoms with van der Waals surface area (Å²) in [5.41, 5.74) is 2.50. The van der Waals surface area contributed by atoms with Gasteiger partial charge >= 0.3 is 5.97 Å². The van der Waals surface area contributed by atoms with E-state index in [0.717, 1.165) is 21.9 Å². The van der Waals surface area contributed by atoms with Crippen LogP contribution in [-0.2, 0) is 22.4 Å². The molecule has 1 N–H and O–H groups in total. The maximum atomic E-state index is 12.4. The zero-order valence-electron chi connectivity index (χ0n) is 15.5. The molecule has 0 aliphatic heterocycles. The Morgan fingerprint density at radius 2 is 1.93 bits per heavy atom. The molecule has 1 aromatic heterocycles. The van der Waals surface area contributed by atoms with E-state index in [2.05, 4.69) is 4.98 Å². The normalized spacial score (nSPS) is 11.8. The van der Waals surface area contributed by atoms with Crippen molar-refractivity contribution in [3.8, 4) is 16.3 Å². The molecule has 0 saturated carbocycles. The van der Waals surface area contributed by atoms with Gasteiger partial charge in [-0.2, -0.15) is 0 Å². The first-order valence-corrected chi connectivity index (χ1v) is 9.80. The predicted octanol–water partition coefficient (Wildman–Crippen LogP) is 4.26. The Hall–Kier alpha value is -2.99. The van der Waals surface area contributed by atoms with Crippen LogP contribution in [0.2, 0.25) is 0 Å². The largest absolute Gasteiger partial charge is 0.497 e. The maximum absolute atomic E-state index is 12.4. The fourth-order valence-corrected chi connectivity index (χ4v) is 3.79. The molecule has 0 radical (unpaired) electrons. The van der Waals surface area contributed by atoms with Gasteiger partial charge in [-0.15, -0.1) is 11.3 Å². The molecular formula is C22H21NO4S. The van der Waals surface area contributed by atoms with Crippen LogP contribution in [0.5, 0.6) is 5.75 Å². The van der Waals surface area contributed by atoms with E-state index < -0.39 is 11.9 Å². The molecule has 5 nitrogen and oxygen atoms in total. The van der Waals surface area contributed by atoms with Gasteiger partial charge in [-0.25, -0.2) is 4.98 Å². The highest BCUT2D eigenvalue weighted by molar-refractivity contribution is 7.13. The molecule has 2 aromatic carbocycles. The molecule has 6 heteroatoms. The van der Waals surface area contributed by atoms with Crippen molar-refractivity contribution < 1.29 is 19.4 Å². The number of ketones is 1. The van der Waals surface area contributed by atoms with Crippen molar-refractivity contribution in [2.45, 2.75) is 19.3 Å². The molecule has 0 fully saturated rings. The highest BCUT2D eigenvalue weighted by atomic mass is 32.1. The first-order valence-electron chi connectivity index (χ1n) is 8.92. The highest BCUT2D eigenvalue weighted by Gasteiger charge is 2.22. The summed E-state index contributed by atoms with van der Waals surface area (Å²) in [6, 6.07) is 17.0. The van der Waals surface area contributed by atoms with Gasteiger partial charge in [-0.1, -0.05) is 42.5 Å². The van der Waals surface area contributed by atoms with Crippen LogP contribution in [0.15, 0.2) is 60.0 Å². The number of ether oxygens (including phenoxy) is 1. The second kappa shape index (κ2) is 9.28. The third-order valence-electron chi connectivity index (χ3n) is 4.39. The third kappa shape index (κ3) is 5.27. The van der Waals surface area contributed by atoms with Crippen molar-refractivity contribution in [2.75, 3.05) is 7.11 Å². The number of carboxylic acids is 1. The molecule has 0 aliphatic carbocycles. The van der Waals surface area contributed by atoms with Gasteiger partial charge in [0.25, 0.3) is 0 Å². The minimum Gasteiger partial charge on any atom is -0.497 e. The summed E-state index contributed by atoms with van der Waals surface area (Å²) in [4.78, 5) is 28.5. The number of nitrogens with zero attached hydrogens (tertiary/aromatic N) is 1. The number of carbonyl (C=O) groups excluding carboxylic acids is 1. The van der Waals surface area contributed by atoms with Crippen molar-refractivity contribution in [1.82, 2.24) is 4.98 Å². The SMILES string of the molecule is COc1cccc(-c2nc(CC(=O)C[C@@H](Cc3ccccc3)C(=O)O)cs2)c1. The van der Waals surface area contributed by atoms with Crippen LogP contribution >= 0.6 is 11.3 Å². The van der Waals surface area contributed by atoms with E-state index in [1.165, 1.54) is 11.3 Å². The van der Waals surface area contributed by atoms with Crippen LogP contribution in [0.25, 0.3) is 10.6 Å². The molecule has 0 aliphatic rings. The van der Waals surface area contributed by atoms with Crippen LogP contribution in [0, 0.1) is 5.92 Å². The summed E-state index contributed by atoms with van der Waals surface area (Å²) >= 11 is 1.46. The first kappa shape index (κ1) is 19.8. The van der Waals surface area contributed by atoms with Crippen LogP contribution in [0.3, 0.4) is 0 Å². The number of carboxylic acid groups (broad SMARTS) is 1. The Bertz CT molecular complexity index is 952. The van der Waals surface area contributed by atoms with E-state index >= 15 is 0 Å². The number of rotatable bonds is 9. The van der Waals surface area contributed by atoms with Crippen molar-refractivity contribution in [2.24, 2.45) is 5.92 Å². The molecule has 144 valence electrons.